The fourth-order valence-corrected chi connectivity index (χ4v) is 6.05. The summed E-state index contributed by atoms with van der Waals surface area (Å²) >= 11 is 0. The summed E-state index contributed by atoms with van der Waals surface area (Å²) in [6.45, 7) is 20.7. The van der Waals surface area contributed by atoms with Crippen LogP contribution in [0.2, 0.25) is 18.1 Å². The van der Waals surface area contributed by atoms with Gasteiger partial charge in [-0.3, -0.25) is 0 Å². The topological polar surface area (TPSA) is 81.6 Å². The second-order valence-corrected chi connectivity index (χ2v) is 17.2. The van der Waals surface area contributed by atoms with E-state index in [1.807, 2.05) is 45.9 Å². The van der Waals surface area contributed by atoms with Crippen molar-refractivity contribution in [3.63, 3.8) is 0 Å². The highest BCUT2D eigenvalue weighted by atomic mass is 28.4. The van der Waals surface area contributed by atoms with Gasteiger partial charge in [-0.25, -0.2) is 0 Å². The molecule has 0 N–H and O–H groups in total. The first-order valence-corrected chi connectivity index (χ1v) is 16.5. The standard InChI is InChI=1S/C32H42N2O5Si/c1-18-13-23-15-27(33(35)22(5)28(23)31(38-10)21(18)4)29-25-14-19(2)20(3)30(37-9)26(25)16-24(34(29)36)17-39-40(11,12)32(6,7)8/h13-16H,17H2,1-12H3. The number of fused-ring (bicyclic) bond motifs is 2. The molecule has 40 heavy (non-hydrogen) atoms. The van der Waals surface area contributed by atoms with Crippen molar-refractivity contribution >= 4 is 29.9 Å². The van der Waals surface area contributed by atoms with Crippen LogP contribution >= 0.6 is 0 Å². The number of hydrogen-bond donors (Lipinski definition) is 0. The summed E-state index contributed by atoms with van der Waals surface area (Å²) in [5.74, 6) is 1.36. The molecule has 2 heterocycles. The molecule has 7 nitrogen and oxygen atoms in total. The van der Waals surface area contributed by atoms with Crippen molar-refractivity contribution in [3.05, 3.63) is 68.3 Å². The van der Waals surface area contributed by atoms with Gasteiger partial charge in [0.15, 0.2) is 8.32 Å². The summed E-state index contributed by atoms with van der Waals surface area (Å²) in [5.41, 5.74) is 5.45. The minimum absolute atomic E-state index is 0.0195. The lowest BCUT2D eigenvalue weighted by molar-refractivity contribution is -0.632. The van der Waals surface area contributed by atoms with E-state index >= 15 is 0 Å². The lowest BCUT2D eigenvalue weighted by atomic mass is 9.96. The van der Waals surface area contributed by atoms with Gasteiger partial charge in [-0.05, 0) is 79.5 Å². The first kappa shape index (κ1) is 29.6. The molecule has 0 aliphatic carbocycles. The first-order valence-electron chi connectivity index (χ1n) is 13.6. The molecule has 0 saturated heterocycles. The number of benzene rings is 2. The highest BCUT2D eigenvalue weighted by Gasteiger charge is 2.38. The summed E-state index contributed by atoms with van der Waals surface area (Å²) < 4.78 is 19.8. The zero-order valence-corrected chi connectivity index (χ0v) is 27.0. The van der Waals surface area contributed by atoms with Crippen LogP contribution in [-0.4, -0.2) is 22.5 Å². The summed E-state index contributed by atoms with van der Waals surface area (Å²) in [4.78, 5) is 0. The predicted octanol–water partition coefficient (Wildman–Crippen LogP) is 7.01. The van der Waals surface area contributed by atoms with Gasteiger partial charge in [-0.15, -0.1) is 0 Å². The quantitative estimate of drug-likeness (QED) is 0.143. The fourth-order valence-electron chi connectivity index (χ4n) is 5.11. The normalized spacial score (nSPS) is 12.4. The number of aromatic nitrogens is 2. The van der Waals surface area contributed by atoms with Gasteiger partial charge in [0.2, 0.25) is 11.4 Å². The minimum Gasteiger partial charge on any atom is -0.618 e. The summed E-state index contributed by atoms with van der Waals surface area (Å²) in [5, 5.41) is 31.2. The summed E-state index contributed by atoms with van der Waals surface area (Å²) in [7, 11) is 1.09. The Morgan fingerprint density at radius 2 is 1.35 bits per heavy atom. The maximum atomic E-state index is 14.2. The molecule has 0 bridgehead atoms. The largest absolute Gasteiger partial charge is 0.618 e. The Balaban J connectivity index is 2.12. The van der Waals surface area contributed by atoms with E-state index in [1.54, 1.807) is 27.2 Å². The van der Waals surface area contributed by atoms with Gasteiger partial charge in [0.1, 0.15) is 18.1 Å². The molecule has 4 rings (SSSR count). The number of nitrogens with zero attached hydrogens (tertiary/aromatic N) is 2. The second-order valence-electron chi connectivity index (χ2n) is 12.4. The molecule has 0 aliphatic heterocycles. The van der Waals surface area contributed by atoms with E-state index in [4.69, 9.17) is 13.9 Å². The van der Waals surface area contributed by atoms with E-state index < -0.39 is 8.32 Å². The molecule has 0 fully saturated rings. The maximum absolute atomic E-state index is 14.2. The number of pyridine rings is 2. The molecule has 0 amide bonds. The number of aryl methyl sites for hydroxylation is 3. The van der Waals surface area contributed by atoms with Crippen LogP contribution < -0.4 is 18.9 Å². The minimum atomic E-state index is -2.16. The molecule has 0 saturated carbocycles. The Kier molecular flexibility index (Phi) is 7.58. The van der Waals surface area contributed by atoms with E-state index in [1.165, 1.54) is 0 Å². The average Bonchev–Trinajstić information content (AvgIpc) is 2.87. The van der Waals surface area contributed by atoms with Gasteiger partial charge in [-0.1, -0.05) is 26.8 Å². The van der Waals surface area contributed by atoms with Crippen molar-refractivity contribution in [1.82, 2.24) is 0 Å². The van der Waals surface area contributed by atoms with Crippen LogP contribution in [0.15, 0.2) is 24.3 Å². The molecule has 214 valence electrons. The molecule has 8 heteroatoms. The molecule has 0 atom stereocenters. The predicted molar refractivity (Wildman–Crippen MR) is 164 cm³/mol. The third-order valence-electron chi connectivity index (χ3n) is 8.89. The monoisotopic (exact) mass is 562 g/mol. The van der Waals surface area contributed by atoms with Crippen LogP contribution in [-0.2, 0) is 11.0 Å². The van der Waals surface area contributed by atoms with Crippen LogP contribution in [0.5, 0.6) is 11.5 Å². The van der Waals surface area contributed by atoms with Crippen molar-refractivity contribution in [3.8, 4) is 22.9 Å². The van der Waals surface area contributed by atoms with Crippen LogP contribution in [0.25, 0.3) is 32.9 Å². The molecular weight excluding hydrogens is 520 g/mol. The lowest BCUT2D eigenvalue weighted by Crippen LogP contribution is -2.44. The molecular formula is C32H42N2O5Si. The molecule has 0 aliphatic rings. The number of hydrogen-bond acceptors (Lipinski definition) is 5. The van der Waals surface area contributed by atoms with Crippen molar-refractivity contribution in [1.29, 1.82) is 0 Å². The van der Waals surface area contributed by atoms with Gasteiger partial charge >= 0.3 is 0 Å². The highest BCUT2D eigenvalue weighted by molar-refractivity contribution is 6.74. The van der Waals surface area contributed by atoms with Gasteiger partial charge < -0.3 is 24.3 Å². The Labute approximate surface area is 238 Å². The molecule has 2 aromatic heterocycles. The molecule has 0 spiro atoms. The van der Waals surface area contributed by atoms with Crippen LogP contribution in [0, 0.1) is 45.0 Å². The average molecular weight is 563 g/mol. The van der Waals surface area contributed by atoms with E-state index in [2.05, 4.69) is 33.9 Å². The first-order chi connectivity index (χ1) is 18.5. The number of methoxy groups -OCH3 is 2. The van der Waals surface area contributed by atoms with Gasteiger partial charge in [0.25, 0.3) is 11.4 Å². The van der Waals surface area contributed by atoms with Crippen LogP contribution in [0.4, 0.5) is 0 Å². The third kappa shape index (κ3) is 4.67. The van der Waals surface area contributed by atoms with Gasteiger partial charge in [0.05, 0.1) is 25.0 Å². The van der Waals surface area contributed by atoms with E-state index in [-0.39, 0.29) is 23.0 Å². The number of ether oxygens (including phenoxy) is 2. The SMILES string of the molecule is COc1c(C)c(C)cc2c(-c3cc4cc(C)c(C)c(OC)c4c(C)[n+]3[O-])[n+]([O-])c(CO[Si](C)(C)C(C)(C)C)cc12. The van der Waals surface area contributed by atoms with Crippen molar-refractivity contribution in [2.45, 2.75) is 80.1 Å². The Bertz CT molecular complexity index is 1650. The van der Waals surface area contributed by atoms with Crippen molar-refractivity contribution in [2.75, 3.05) is 14.2 Å². The van der Waals surface area contributed by atoms with Gasteiger partial charge in [0, 0.05) is 24.4 Å². The van der Waals surface area contributed by atoms with Crippen LogP contribution in [0.1, 0.15) is 54.4 Å². The Morgan fingerprint density at radius 3 is 1.93 bits per heavy atom. The maximum Gasteiger partial charge on any atom is 0.298 e. The molecule has 0 radical (unpaired) electrons. The zero-order chi connectivity index (χ0) is 29.9. The van der Waals surface area contributed by atoms with E-state index in [0.717, 1.165) is 47.9 Å². The summed E-state index contributed by atoms with van der Waals surface area (Å²) in [6, 6.07) is 7.66. The third-order valence-corrected chi connectivity index (χ3v) is 13.4. The fraction of sp³-hybridized carbons (Fsp3) is 0.438. The molecule has 4 aromatic rings. The Morgan fingerprint density at radius 1 is 0.775 bits per heavy atom. The van der Waals surface area contributed by atoms with E-state index in [9.17, 15) is 10.4 Å². The highest BCUT2D eigenvalue weighted by Crippen LogP contribution is 2.40. The zero-order valence-electron chi connectivity index (χ0n) is 26.0. The molecule has 2 aromatic carbocycles. The van der Waals surface area contributed by atoms with Crippen molar-refractivity contribution in [2.24, 2.45) is 0 Å². The smallest absolute Gasteiger partial charge is 0.298 e. The second kappa shape index (κ2) is 10.2. The van der Waals surface area contributed by atoms with Crippen LogP contribution in [0.3, 0.4) is 0 Å². The number of rotatable bonds is 6. The van der Waals surface area contributed by atoms with Gasteiger partial charge in [-0.2, -0.15) is 9.46 Å². The Hall–Kier alpha value is -3.36. The molecule has 0 unspecified atom stereocenters. The lowest BCUT2D eigenvalue weighted by Gasteiger charge is -2.35. The van der Waals surface area contributed by atoms with Crippen molar-refractivity contribution < 1.29 is 23.4 Å². The van der Waals surface area contributed by atoms with E-state index in [0.29, 0.717) is 28.3 Å². The summed E-state index contributed by atoms with van der Waals surface area (Å²) in [6.07, 6.45) is 0.